The topological polar surface area (TPSA) is 73.5 Å². The Bertz CT molecular complexity index is 546. The maximum atomic E-state index is 11.7. The van der Waals surface area contributed by atoms with E-state index in [1.54, 1.807) is 0 Å². The van der Waals surface area contributed by atoms with E-state index in [2.05, 4.69) is 45.1 Å². The van der Waals surface area contributed by atoms with Crippen molar-refractivity contribution in [2.75, 3.05) is 31.1 Å². The van der Waals surface area contributed by atoms with Crippen molar-refractivity contribution in [1.82, 2.24) is 16.0 Å². The van der Waals surface area contributed by atoms with Crippen LogP contribution in [0, 0.1) is 0 Å². The lowest BCUT2D eigenvalue weighted by Gasteiger charge is -2.17. The first kappa shape index (κ1) is 16.9. The van der Waals surface area contributed by atoms with E-state index >= 15 is 0 Å². The molecule has 0 bridgehead atoms. The second kappa shape index (κ2) is 8.82. The fourth-order valence-electron chi connectivity index (χ4n) is 2.31. The highest BCUT2D eigenvalue weighted by Gasteiger charge is 2.07. The maximum Gasteiger partial charge on any atom is 0.315 e. The third kappa shape index (κ3) is 6.02. The van der Waals surface area contributed by atoms with E-state index in [1.807, 2.05) is 12.1 Å². The molecule has 0 saturated heterocycles. The number of hydrogen-bond donors (Lipinski definition) is 3. The van der Waals surface area contributed by atoms with Crippen LogP contribution in [0.4, 0.5) is 10.5 Å². The van der Waals surface area contributed by atoms with Crippen molar-refractivity contribution in [1.29, 1.82) is 0 Å². The third-order valence-corrected chi connectivity index (χ3v) is 3.59. The van der Waals surface area contributed by atoms with Gasteiger partial charge in [0.15, 0.2) is 0 Å². The minimum Gasteiger partial charge on any atom is -0.364 e. The molecule has 23 heavy (non-hydrogen) atoms. The molecule has 1 aliphatic heterocycles. The molecule has 0 unspecified atom stereocenters. The zero-order chi connectivity index (χ0) is 16.5. The highest BCUT2D eigenvalue weighted by molar-refractivity contribution is 5.74. The number of anilines is 1. The van der Waals surface area contributed by atoms with Gasteiger partial charge in [-0.3, -0.25) is 4.79 Å². The van der Waals surface area contributed by atoms with Crippen LogP contribution in [-0.4, -0.2) is 38.1 Å². The van der Waals surface area contributed by atoms with Crippen LogP contribution in [0.25, 0.3) is 0 Å². The Labute approximate surface area is 136 Å². The number of nitrogens with zero attached hydrogens (tertiary/aromatic N) is 1. The second-order valence-electron chi connectivity index (χ2n) is 5.49. The van der Waals surface area contributed by atoms with Crippen LogP contribution in [0.3, 0.4) is 0 Å². The van der Waals surface area contributed by atoms with Gasteiger partial charge in [0.25, 0.3) is 0 Å². The summed E-state index contributed by atoms with van der Waals surface area (Å²) in [5.74, 6) is -0.0531. The Kier molecular flexibility index (Phi) is 6.47. The molecule has 6 heteroatoms. The molecular formula is C17H24N4O2. The smallest absolute Gasteiger partial charge is 0.315 e. The minimum absolute atomic E-state index is 0.0531. The molecule has 1 aliphatic rings. The molecule has 0 fully saturated rings. The van der Waals surface area contributed by atoms with E-state index in [0.717, 1.165) is 18.7 Å². The number of amides is 3. The summed E-state index contributed by atoms with van der Waals surface area (Å²) in [5.41, 5.74) is 2.26. The summed E-state index contributed by atoms with van der Waals surface area (Å²) >= 11 is 0. The van der Waals surface area contributed by atoms with Gasteiger partial charge in [-0.1, -0.05) is 24.3 Å². The largest absolute Gasteiger partial charge is 0.364 e. The van der Waals surface area contributed by atoms with Crippen molar-refractivity contribution in [3.8, 4) is 0 Å². The molecule has 3 N–H and O–H groups in total. The number of carbonyl (C=O) groups is 2. The number of benzene rings is 1. The standard InChI is InChI=1S/C17H24N4O2/c1-14(22)18-9-4-10-19-17(23)20-13-15-5-7-16(8-6-15)21-11-2-3-12-21/h2-3,5-8H,4,9-13H2,1H3,(H,18,22)(H2,19,20,23). The van der Waals surface area contributed by atoms with E-state index in [1.165, 1.54) is 12.6 Å². The van der Waals surface area contributed by atoms with E-state index in [-0.39, 0.29) is 11.9 Å². The van der Waals surface area contributed by atoms with Gasteiger partial charge in [-0.2, -0.15) is 0 Å². The second-order valence-corrected chi connectivity index (χ2v) is 5.49. The molecule has 0 radical (unpaired) electrons. The van der Waals surface area contributed by atoms with Gasteiger partial charge >= 0.3 is 6.03 Å². The van der Waals surface area contributed by atoms with Gasteiger partial charge in [0.1, 0.15) is 0 Å². The molecule has 1 heterocycles. The van der Waals surface area contributed by atoms with Gasteiger partial charge in [0, 0.05) is 45.3 Å². The quantitative estimate of drug-likeness (QED) is 0.526. The molecule has 0 aromatic heterocycles. The summed E-state index contributed by atoms with van der Waals surface area (Å²) in [6.07, 6.45) is 5.03. The Morgan fingerprint density at radius 1 is 1.00 bits per heavy atom. The van der Waals surface area contributed by atoms with Gasteiger partial charge < -0.3 is 20.9 Å². The average Bonchev–Trinajstić information content (AvgIpc) is 3.07. The van der Waals surface area contributed by atoms with E-state index < -0.39 is 0 Å². The Morgan fingerprint density at radius 2 is 1.65 bits per heavy atom. The number of rotatable bonds is 7. The van der Waals surface area contributed by atoms with E-state index in [4.69, 9.17) is 0 Å². The summed E-state index contributed by atoms with van der Waals surface area (Å²) in [6.45, 7) is 4.99. The molecular weight excluding hydrogens is 292 g/mol. The number of urea groups is 1. The SMILES string of the molecule is CC(=O)NCCCNC(=O)NCc1ccc(N2CC=CC2)cc1. The predicted octanol–water partition coefficient (Wildman–Crippen LogP) is 1.39. The van der Waals surface area contributed by atoms with Crippen LogP contribution in [-0.2, 0) is 11.3 Å². The van der Waals surface area contributed by atoms with Gasteiger partial charge in [-0.25, -0.2) is 4.79 Å². The molecule has 0 spiro atoms. The monoisotopic (exact) mass is 316 g/mol. The molecule has 0 aliphatic carbocycles. The van der Waals surface area contributed by atoms with Crippen LogP contribution in [0.5, 0.6) is 0 Å². The average molecular weight is 316 g/mol. The fourth-order valence-corrected chi connectivity index (χ4v) is 2.31. The Morgan fingerprint density at radius 3 is 2.30 bits per heavy atom. The number of nitrogens with one attached hydrogen (secondary N) is 3. The zero-order valence-electron chi connectivity index (χ0n) is 13.5. The summed E-state index contributed by atoms with van der Waals surface area (Å²) in [5, 5.41) is 8.28. The van der Waals surface area contributed by atoms with Crippen LogP contribution >= 0.6 is 0 Å². The Balaban J connectivity index is 1.63. The van der Waals surface area contributed by atoms with Crippen LogP contribution in [0.1, 0.15) is 18.9 Å². The van der Waals surface area contributed by atoms with Crippen molar-refractivity contribution in [2.45, 2.75) is 19.9 Å². The van der Waals surface area contributed by atoms with E-state index in [9.17, 15) is 9.59 Å². The summed E-state index contributed by atoms with van der Waals surface area (Å²) in [4.78, 5) is 24.6. The maximum absolute atomic E-state index is 11.7. The lowest BCUT2D eigenvalue weighted by Crippen LogP contribution is -2.36. The number of hydrogen-bond acceptors (Lipinski definition) is 3. The normalized spacial score (nSPS) is 13.0. The fraction of sp³-hybridized carbons (Fsp3) is 0.412. The molecule has 6 nitrogen and oxygen atoms in total. The van der Waals surface area contributed by atoms with Crippen LogP contribution in [0.2, 0.25) is 0 Å². The lowest BCUT2D eigenvalue weighted by molar-refractivity contribution is -0.118. The van der Waals surface area contributed by atoms with E-state index in [0.29, 0.717) is 26.1 Å². The van der Waals surface area contributed by atoms with Gasteiger partial charge in [-0.05, 0) is 24.1 Å². The summed E-state index contributed by atoms with van der Waals surface area (Å²) < 4.78 is 0. The van der Waals surface area contributed by atoms with Gasteiger partial charge in [0.2, 0.25) is 5.91 Å². The molecule has 2 rings (SSSR count). The molecule has 1 aromatic rings. The summed E-state index contributed by atoms with van der Waals surface area (Å²) in [7, 11) is 0. The highest BCUT2D eigenvalue weighted by Crippen LogP contribution is 2.17. The first-order chi connectivity index (χ1) is 11.1. The van der Waals surface area contributed by atoms with Gasteiger partial charge in [-0.15, -0.1) is 0 Å². The minimum atomic E-state index is -0.194. The lowest BCUT2D eigenvalue weighted by atomic mass is 10.2. The van der Waals surface area contributed by atoms with Crippen LogP contribution in [0.15, 0.2) is 36.4 Å². The van der Waals surface area contributed by atoms with Crippen molar-refractivity contribution in [2.24, 2.45) is 0 Å². The van der Waals surface area contributed by atoms with Gasteiger partial charge in [0.05, 0.1) is 0 Å². The van der Waals surface area contributed by atoms with Crippen molar-refractivity contribution in [3.63, 3.8) is 0 Å². The summed E-state index contributed by atoms with van der Waals surface area (Å²) in [6, 6.07) is 8.03. The van der Waals surface area contributed by atoms with Crippen molar-refractivity contribution >= 4 is 17.6 Å². The van der Waals surface area contributed by atoms with Crippen LogP contribution < -0.4 is 20.9 Å². The molecule has 1 aromatic carbocycles. The van der Waals surface area contributed by atoms with Crippen molar-refractivity contribution in [3.05, 3.63) is 42.0 Å². The first-order valence-electron chi connectivity index (χ1n) is 7.90. The molecule has 0 atom stereocenters. The zero-order valence-corrected chi connectivity index (χ0v) is 13.5. The third-order valence-electron chi connectivity index (χ3n) is 3.59. The number of carbonyl (C=O) groups excluding carboxylic acids is 2. The Hall–Kier alpha value is -2.50. The molecule has 0 saturated carbocycles. The highest BCUT2D eigenvalue weighted by atomic mass is 16.2. The first-order valence-corrected chi connectivity index (χ1v) is 7.90. The van der Waals surface area contributed by atoms with Crippen molar-refractivity contribution < 1.29 is 9.59 Å². The molecule has 124 valence electrons. The molecule has 3 amide bonds. The predicted molar refractivity (Wildman–Crippen MR) is 91.3 cm³/mol.